The van der Waals surface area contributed by atoms with Crippen molar-refractivity contribution in [2.75, 3.05) is 0 Å². The average Bonchev–Trinajstić information content (AvgIpc) is 1.68. The van der Waals surface area contributed by atoms with Crippen molar-refractivity contribution in [2.45, 2.75) is 27.7 Å². The molecule has 0 saturated heterocycles. The largest absolute Gasteiger partial charge is 0.468 e. The first-order valence-electron chi connectivity index (χ1n) is 3.12. The summed E-state index contributed by atoms with van der Waals surface area (Å²) in [5.74, 6) is 1.38. The highest BCUT2D eigenvalue weighted by atomic mass is 16.5. The summed E-state index contributed by atoms with van der Waals surface area (Å²) in [6.45, 7) is 14.6. The summed E-state index contributed by atoms with van der Waals surface area (Å²) in [4.78, 5) is 0. The maximum absolute atomic E-state index is 4.86. The van der Waals surface area contributed by atoms with Gasteiger partial charge in [-0.1, -0.05) is 27.0 Å². The molecule has 0 atom stereocenters. The van der Waals surface area contributed by atoms with Crippen molar-refractivity contribution in [3.8, 4) is 0 Å². The van der Waals surface area contributed by atoms with Crippen molar-refractivity contribution in [2.24, 2.45) is 0 Å². The molecule has 10 heavy (non-hydrogen) atoms. The van der Waals surface area contributed by atoms with Crippen molar-refractivity contribution in [3.63, 3.8) is 0 Å². The van der Waals surface area contributed by atoms with Crippen molar-refractivity contribution in [1.29, 1.82) is 0 Å². The van der Waals surface area contributed by atoms with Gasteiger partial charge in [0.25, 0.3) is 0 Å². The van der Waals surface area contributed by atoms with Crippen molar-refractivity contribution in [1.82, 2.24) is 6.15 Å². The standard InChI is InChI=1S/C6H10O.C2H6.H3N/c1-5(2)7-6(3)4;1-2;/h1,3H2,2,4H3;1-2H3;1H3. The SMILES string of the molecule is C=C(C)OC(=C)C.CC.N. The second-order valence-corrected chi connectivity index (χ2v) is 1.51. The molecule has 62 valence electrons. The summed E-state index contributed by atoms with van der Waals surface area (Å²) < 4.78 is 4.86. The molecule has 0 aliphatic rings. The van der Waals surface area contributed by atoms with Gasteiger partial charge in [0.15, 0.2) is 0 Å². The molecule has 0 aromatic heterocycles. The van der Waals surface area contributed by atoms with Crippen LogP contribution in [0.1, 0.15) is 27.7 Å². The molecule has 0 aliphatic heterocycles. The average molecular weight is 145 g/mol. The molecule has 0 spiro atoms. The normalized spacial score (nSPS) is 6.00. The summed E-state index contributed by atoms with van der Waals surface area (Å²) in [7, 11) is 0. The monoisotopic (exact) mass is 145 g/mol. The van der Waals surface area contributed by atoms with E-state index in [2.05, 4.69) is 13.2 Å². The first-order chi connectivity index (χ1) is 4.13. The molecule has 3 N–H and O–H groups in total. The lowest BCUT2D eigenvalue weighted by atomic mass is 10.6. The number of ether oxygens (including phenoxy) is 1. The van der Waals surface area contributed by atoms with E-state index in [-0.39, 0.29) is 6.15 Å². The first-order valence-corrected chi connectivity index (χ1v) is 3.12. The topological polar surface area (TPSA) is 44.2 Å². The van der Waals surface area contributed by atoms with Crippen LogP contribution in [0.2, 0.25) is 0 Å². The maximum Gasteiger partial charge on any atom is 0.0933 e. The fraction of sp³-hybridized carbons (Fsp3) is 0.500. The van der Waals surface area contributed by atoms with Gasteiger partial charge >= 0.3 is 0 Å². The van der Waals surface area contributed by atoms with Gasteiger partial charge in [0.05, 0.1) is 11.5 Å². The lowest BCUT2D eigenvalue weighted by molar-refractivity contribution is 0.313. The number of rotatable bonds is 2. The molecular weight excluding hydrogens is 126 g/mol. The van der Waals surface area contributed by atoms with Crippen LogP contribution < -0.4 is 6.15 Å². The fourth-order valence-electron chi connectivity index (χ4n) is 0.297. The molecule has 0 fully saturated rings. The zero-order chi connectivity index (χ0) is 7.86. The number of hydrogen-bond acceptors (Lipinski definition) is 2. The Balaban J connectivity index is -0.000000149. The second kappa shape index (κ2) is 11.1. The summed E-state index contributed by atoms with van der Waals surface area (Å²) in [6.07, 6.45) is 0. The molecule has 0 radical (unpaired) electrons. The predicted octanol–water partition coefficient (Wildman–Crippen LogP) is 3.26. The van der Waals surface area contributed by atoms with E-state index in [0.717, 1.165) is 0 Å². The van der Waals surface area contributed by atoms with Crippen molar-refractivity contribution < 1.29 is 4.74 Å². The Morgan fingerprint density at radius 2 is 1.20 bits per heavy atom. The zero-order valence-corrected chi connectivity index (χ0v) is 7.53. The Kier molecular flexibility index (Phi) is 17.9. The van der Waals surface area contributed by atoms with Crippen LogP contribution in [-0.2, 0) is 4.74 Å². The molecule has 0 amide bonds. The first kappa shape index (κ1) is 16.1. The van der Waals surface area contributed by atoms with Gasteiger partial charge in [0.2, 0.25) is 0 Å². The highest BCUT2D eigenvalue weighted by molar-refractivity contribution is 4.85. The minimum absolute atomic E-state index is 0. The Labute approximate surface area is 64.2 Å². The lowest BCUT2D eigenvalue weighted by Gasteiger charge is -1.99. The molecular formula is C8H19NO. The van der Waals surface area contributed by atoms with Gasteiger partial charge < -0.3 is 10.9 Å². The summed E-state index contributed by atoms with van der Waals surface area (Å²) in [5, 5.41) is 0. The summed E-state index contributed by atoms with van der Waals surface area (Å²) in [5.41, 5.74) is 0. The van der Waals surface area contributed by atoms with E-state index in [1.165, 1.54) is 0 Å². The number of hydrogen-bond donors (Lipinski definition) is 1. The van der Waals surface area contributed by atoms with E-state index in [0.29, 0.717) is 11.5 Å². The third-order valence-electron chi connectivity index (χ3n) is 0.348. The van der Waals surface area contributed by atoms with Crippen LogP contribution in [0.15, 0.2) is 24.7 Å². The van der Waals surface area contributed by atoms with E-state index in [4.69, 9.17) is 4.74 Å². The predicted molar refractivity (Wildman–Crippen MR) is 47.1 cm³/mol. The Morgan fingerprint density at radius 1 is 1.00 bits per heavy atom. The van der Waals surface area contributed by atoms with Crippen LogP contribution in [-0.4, -0.2) is 0 Å². The van der Waals surface area contributed by atoms with Gasteiger partial charge in [0, 0.05) is 0 Å². The van der Waals surface area contributed by atoms with E-state index in [1.807, 2.05) is 13.8 Å². The quantitative estimate of drug-likeness (QED) is 0.606. The van der Waals surface area contributed by atoms with E-state index in [9.17, 15) is 0 Å². The van der Waals surface area contributed by atoms with Gasteiger partial charge in [-0.05, 0) is 13.8 Å². The Hall–Kier alpha value is -0.760. The summed E-state index contributed by atoms with van der Waals surface area (Å²) >= 11 is 0. The third kappa shape index (κ3) is 26.9. The van der Waals surface area contributed by atoms with Crippen LogP contribution in [0, 0.1) is 0 Å². The van der Waals surface area contributed by atoms with Crippen LogP contribution in [0.5, 0.6) is 0 Å². The Morgan fingerprint density at radius 3 is 1.20 bits per heavy atom. The maximum atomic E-state index is 4.86. The number of allylic oxidation sites excluding steroid dienone is 2. The van der Waals surface area contributed by atoms with Crippen molar-refractivity contribution in [3.05, 3.63) is 24.7 Å². The van der Waals surface area contributed by atoms with Gasteiger partial charge in [-0.3, -0.25) is 0 Å². The smallest absolute Gasteiger partial charge is 0.0933 e. The molecule has 0 unspecified atom stereocenters. The third-order valence-corrected chi connectivity index (χ3v) is 0.348. The van der Waals surface area contributed by atoms with Crippen LogP contribution in [0.4, 0.5) is 0 Å². The molecule has 0 bridgehead atoms. The molecule has 0 aliphatic carbocycles. The van der Waals surface area contributed by atoms with E-state index in [1.54, 1.807) is 13.8 Å². The molecule has 0 aromatic carbocycles. The lowest BCUT2D eigenvalue weighted by Crippen LogP contribution is -1.78. The molecule has 0 rings (SSSR count). The van der Waals surface area contributed by atoms with Crippen molar-refractivity contribution >= 4 is 0 Å². The fourth-order valence-corrected chi connectivity index (χ4v) is 0.297. The van der Waals surface area contributed by atoms with Gasteiger partial charge in [-0.25, -0.2) is 0 Å². The Bertz CT molecular complexity index is 85.4. The van der Waals surface area contributed by atoms with Crippen LogP contribution in [0.25, 0.3) is 0 Å². The minimum atomic E-state index is 0. The van der Waals surface area contributed by atoms with Gasteiger partial charge in [-0.2, -0.15) is 0 Å². The highest BCUT2D eigenvalue weighted by Gasteiger charge is 1.80. The molecule has 0 saturated carbocycles. The highest BCUT2D eigenvalue weighted by Crippen LogP contribution is 1.97. The van der Waals surface area contributed by atoms with Crippen LogP contribution in [0.3, 0.4) is 0 Å². The van der Waals surface area contributed by atoms with Crippen LogP contribution >= 0.6 is 0 Å². The summed E-state index contributed by atoms with van der Waals surface area (Å²) in [6, 6.07) is 0. The second-order valence-electron chi connectivity index (χ2n) is 1.51. The molecule has 2 heteroatoms. The van der Waals surface area contributed by atoms with E-state index >= 15 is 0 Å². The molecule has 2 nitrogen and oxygen atoms in total. The van der Waals surface area contributed by atoms with Gasteiger partial charge in [0.1, 0.15) is 0 Å². The zero-order valence-electron chi connectivity index (χ0n) is 7.53. The van der Waals surface area contributed by atoms with Gasteiger partial charge in [-0.15, -0.1) is 0 Å². The molecule has 0 aromatic rings. The molecule has 0 heterocycles. The minimum Gasteiger partial charge on any atom is -0.468 e. The van der Waals surface area contributed by atoms with E-state index < -0.39 is 0 Å².